The van der Waals surface area contributed by atoms with E-state index in [1.54, 1.807) is 6.33 Å². The highest BCUT2D eigenvalue weighted by Crippen LogP contribution is 2.47. The molecule has 3 saturated carbocycles. The molecule has 1 aromatic rings. The van der Waals surface area contributed by atoms with Gasteiger partial charge in [-0.25, -0.2) is 0 Å². The summed E-state index contributed by atoms with van der Waals surface area (Å²) in [7, 11) is 0. The van der Waals surface area contributed by atoms with E-state index in [0.717, 1.165) is 18.7 Å². The summed E-state index contributed by atoms with van der Waals surface area (Å²) in [6.07, 6.45) is 7.65. The third-order valence-corrected chi connectivity index (χ3v) is 5.29. The van der Waals surface area contributed by atoms with Crippen LogP contribution in [0.5, 0.6) is 0 Å². The zero-order chi connectivity index (χ0) is 13.7. The molecule has 1 amide bonds. The molecule has 1 heterocycles. The summed E-state index contributed by atoms with van der Waals surface area (Å²) in [5.74, 6) is 2.03. The molecular weight excluding hydrogens is 254 g/mol. The third-order valence-electron chi connectivity index (χ3n) is 5.29. The fourth-order valence-corrected chi connectivity index (χ4v) is 4.06. The van der Waals surface area contributed by atoms with Gasteiger partial charge in [-0.15, -0.1) is 10.2 Å². The molecular formula is C14H21N5O. The maximum atomic E-state index is 12.4. The average molecular weight is 275 g/mol. The molecule has 1 aromatic heterocycles. The molecule has 6 heteroatoms. The predicted molar refractivity (Wildman–Crippen MR) is 72.4 cm³/mol. The van der Waals surface area contributed by atoms with Crippen molar-refractivity contribution in [1.82, 2.24) is 20.1 Å². The fraction of sp³-hybridized carbons (Fsp3) is 0.786. The summed E-state index contributed by atoms with van der Waals surface area (Å²) < 4.78 is 2.08. The van der Waals surface area contributed by atoms with Gasteiger partial charge in [0.1, 0.15) is 6.33 Å². The highest BCUT2D eigenvalue weighted by molar-refractivity contribution is 5.80. The summed E-state index contributed by atoms with van der Waals surface area (Å²) in [6, 6.07) is 0.594. The Morgan fingerprint density at radius 1 is 1.35 bits per heavy atom. The standard InChI is InChI=1S/C14H21N5O/c15-13-9-2-1-8(5-9)12(13)14(20)16-6-11-18-17-7-19(11)10-3-4-10/h7-10,12-13H,1-6,15H2,(H,16,20). The molecule has 20 heavy (non-hydrogen) atoms. The van der Waals surface area contributed by atoms with Crippen LogP contribution in [0.2, 0.25) is 0 Å². The lowest BCUT2D eigenvalue weighted by molar-refractivity contribution is -0.127. The Morgan fingerprint density at radius 3 is 2.85 bits per heavy atom. The van der Waals surface area contributed by atoms with Crippen molar-refractivity contribution < 1.29 is 4.79 Å². The third kappa shape index (κ3) is 1.93. The van der Waals surface area contributed by atoms with E-state index in [4.69, 9.17) is 5.73 Å². The molecule has 4 unspecified atom stereocenters. The number of hydrogen-bond donors (Lipinski definition) is 2. The van der Waals surface area contributed by atoms with E-state index in [0.29, 0.717) is 24.4 Å². The van der Waals surface area contributed by atoms with Gasteiger partial charge in [0.15, 0.2) is 5.82 Å². The number of rotatable bonds is 4. The molecule has 0 aliphatic heterocycles. The average Bonchev–Trinajstić information content (AvgIpc) is 2.89. The van der Waals surface area contributed by atoms with Gasteiger partial charge in [0, 0.05) is 12.1 Å². The number of amides is 1. The lowest BCUT2D eigenvalue weighted by Crippen LogP contribution is -2.45. The van der Waals surface area contributed by atoms with Crippen LogP contribution >= 0.6 is 0 Å². The molecule has 0 saturated heterocycles. The van der Waals surface area contributed by atoms with Gasteiger partial charge in [-0.2, -0.15) is 0 Å². The number of carbonyl (C=O) groups is 1. The van der Waals surface area contributed by atoms with Gasteiger partial charge in [-0.05, 0) is 43.9 Å². The quantitative estimate of drug-likeness (QED) is 0.842. The van der Waals surface area contributed by atoms with Crippen molar-refractivity contribution in [3.05, 3.63) is 12.2 Å². The molecule has 3 N–H and O–H groups in total. The number of nitrogens with two attached hydrogens (primary N) is 1. The summed E-state index contributed by atoms with van der Waals surface area (Å²) in [6.45, 7) is 0.468. The second-order valence-electron chi connectivity index (χ2n) is 6.54. The van der Waals surface area contributed by atoms with E-state index < -0.39 is 0 Å². The monoisotopic (exact) mass is 275 g/mol. The zero-order valence-electron chi connectivity index (χ0n) is 11.5. The summed E-state index contributed by atoms with van der Waals surface area (Å²) in [5.41, 5.74) is 6.21. The molecule has 4 atom stereocenters. The Bertz CT molecular complexity index is 521. The van der Waals surface area contributed by atoms with E-state index in [2.05, 4.69) is 20.1 Å². The van der Waals surface area contributed by atoms with E-state index >= 15 is 0 Å². The van der Waals surface area contributed by atoms with Gasteiger partial charge in [-0.1, -0.05) is 0 Å². The lowest BCUT2D eigenvalue weighted by Gasteiger charge is -2.26. The molecule has 4 rings (SSSR count). The van der Waals surface area contributed by atoms with Gasteiger partial charge < -0.3 is 15.6 Å². The van der Waals surface area contributed by atoms with Gasteiger partial charge >= 0.3 is 0 Å². The van der Waals surface area contributed by atoms with Crippen LogP contribution in [0, 0.1) is 17.8 Å². The fourth-order valence-electron chi connectivity index (χ4n) is 4.06. The normalized spacial score (nSPS) is 35.5. The highest BCUT2D eigenvalue weighted by atomic mass is 16.2. The van der Waals surface area contributed by atoms with E-state index in [-0.39, 0.29) is 17.9 Å². The number of carbonyl (C=O) groups excluding carboxylic acids is 1. The smallest absolute Gasteiger partial charge is 0.225 e. The van der Waals surface area contributed by atoms with Crippen molar-refractivity contribution >= 4 is 5.91 Å². The van der Waals surface area contributed by atoms with Crippen molar-refractivity contribution in [2.75, 3.05) is 0 Å². The Hall–Kier alpha value is -1.43. The van der Waals surface area contributed by atoms with Crippen molar-refractivity contribution in [3.63, 3.8) is 0 Å². The lowest BCUT2D eigenvalue weighted by atomic mass is 9.84. The SMILES string of the molecule is NC1C2CCC(C2)C1C(=O)NCc1nncn1C1CC1. The zero-order valence-corrected chi connectivity index (χ0v) is 11.5. The Kier molecular flexibility index (Phi) is 2.80. The van der Waals surface area contributed by atoms with E-state index in [1.807, 2.05) is 0 Å². The first-order chi connectivity index (χ1) is 9.74. The van der Waals surface area contributed by atoms with Crippen LogP contribution in [0.1, 0.15) is 44.0 Å². The van der Waals surface area contributed by atoms with Crippen LogP contribution in [0.15, 0.2) is 6.33 Å². The van der Waals surface area contributed by atoms with Crippen LogP contribution in [-0.2, 0) is 11.3 Å². The molecule has 2 bridgehead atoms. The molecule has 6 nitrogen and oxygen atoms in total. The minimum atomic E-state index is 0.00560. The molecule has 0 aromatic carbocycles. The Balaban J connectivity index is 1.39. The van der Waals surface area contributed by atoms with Crippen molar-refractivity contribution in [2.24, 2.45) is 23.5 Å². The topological polar surface area (TPSA) is 85.8 Å². The molecule has 3 aliphatic rings. The molecule has 3 fully saturated rings. The van der Waals surface area contributed by atoms with Crippen LogP contribution < -0.4 is 11.1 Å². The predicted octanol–water partition coefficient (Wildman–Crippen LogP) is 0.603. The Morgan fingerprint density at radius 2 is 2.15 bits per heavy atom. The molecule has 0 radical (unpaired) electrons. The van der Waals surface area contributed by atoms with Crippen LogP contribution in [0.3, 0.4) is 0 Å². The maximum Gasteiger partial charge on any atom is 0.225 e. The van der Waals surface area contributed by atoms with Gasteiger partial charge in [0.05, 0.1) is 12.5 Å². The van der Waals surface area contributed by atoms with Crippen molar-refractivity contribution in [2.45, 2.75) is 50.7 Å². The largest absolute Gasteiger partial charge is 0.348 e. The maximum absolute atomic E-state index is 12.4. The Labute approximate surface area is 118 Å². The van der Waals surface area contributed by atoms with Gasteiger partial charge in [-0.3, -0.25) is 4.79 Å². The minimum absolute atomic E-state index is 0.00560. The molecule has 0 spiro atoms. The summed E-state index contributed by atoms with van der Waals surface area (Å²) in [5, 5.41) is 11.1. The summed E-state index contributed by atoms with van der Waals surface area (Å²) >= 11 is 0. The molecule has 108 valence electrons. The number of nitrogens with one attached hydrogen (secondary N) is 1. The summed E-state index contributed by atoms with van der Waals surface area (Å²) in [4.78, 5) is 12.4. The first-order valence-corrected chi connectivity index (χ1v) is 7.65. The number of nitrogens with zero attached hydrogens (tertiary/aromatic N) is 3. The second kappa shape index (κ2) is 4.55. The second-order valence-corrected chi connectivity index (χ2v) is 6.54. The number of hydrogen-bond acceptors (Lipinski definition) is 4. The number of fused-ring (bicyclic) bond motifs is 2. The van der Waals surface area contributed by atoms with E-state index in [9.17, 15) is 4.79 Å². The van der Waals surface area contributed by atoms with Crippen LogP contribution in [0.25, 0.3) is 0 Å². The van der Waals surface area contributed by atoms with E-state index in [1.165, 1.54) is 19.3 Å². The van der Waals surface area contributed by atoms with Crippen molar-refractivity contribution in [3.8, 4) is 0 Å². The van der Waals surface area contributed by atoms with Gasteiger partial charge in [0.25, 0.3) is 0 Å². The van der Waals surface area contributed by atoms with Crippen LogP contribution in [-0.4, -0.2) is 26.7 Å². The number of aromatic nitrogens is 3. The van der Waals surface area contributed by atoms with Crippen LogP contribution in [0.4, 0.5) is 0 Å². The minimum Gasteiger partial charge on any atom is -0.348 e. The highest BCUT2D eigenvalue weighted by Gasteiger charge is 2.49. The van der Waals surface area contributed by atoms with Crippen molar-refractivity contribution in [1.29, 1.82) is 0 Å². The van der Waals surface area contributed by atoms with Gasteiger partial charge in [0.2, 0.25) is 5.91 Å². The first-order valence-electron chi connectivity index (χ1n) is 7.65. The molecule has 3 aliphatic carbocycles. The first kappa shape index (κ1) is 12.3.